The van der Waals surface area contributed by atoms with E-state index in [0.717, 1.165) is 6.42 Å². The van der Waals surface area contributed by atoms with Crippen molar-refractivity contribution in [3.8, 4) is 0 Å². The molecule has 2 unspecified atom stereocenters. The van der Waals surface area contributed by atoms with Gasteiger partial charge in [-0.1, -0.05) is 102 Å². The largest absolute Gasteiger partial charge is 0.472 e. The molecule has 1 N–H and O–H groups in total. The van der Waals surface area contributed by atoms with Crippen molar-refractivity contribution in [1.82, 2.24) is 0 Å². The van der Waals surface area contributed by atoms with Crippen molar-refractivity contribution < 1.29 is 32.5 Å². The Morgan fingerprint density at radius 2 is 1.19 bits per heavy atom. The fourth-order valence-corrected chi connectivity index (χ4v) is 5.80. The topological polar surface area (TPSA) is 74.2 Å². The summed E-state index contributed by atoms with van der Waals surface area (Å²) in [5.41, 5.74) is 1.48. The minimum atomic E-state index is -4.08. The van der Waals surface area contributed by atoms with Crippen LogP contribution in [0.25, 0.3) is 0 Å². The predicted octanol–water partition coefficient (Wildman–Crippen LogP) is 8.95. The lowest BCUT2D eigenvalue weighted by Gasteiger charge is -2.24. The molecular weight excluding hydrogens is 662 g/mol. The number of hydrogen-bond acceptors (Lipinski definition) is 5. The van der Waals surface area contributed by atoms with E-state index in [9.17, 15) is 9.46 Å². The zero-order valence-corrected chi connectivity index (χ0v) is 30.3. The van der Waals surface area contributed by atoms with Gasteiger partial charge in [0.15, 0.2) is 0 Å². The van der Waals surface area contributed by atoms with Gasteiger partial charge in [0, 0.05) is 17.3 Å². The van der Waals surface area contributed by atoms with Crippen LogP contribution in [0.1, 0.15) is 108 Å². The molecule has 0 aliphatic heterocycles. The zero-order chi connectivity index (χ0) is 30.9. The molecule has 0 saturated carbocycles. The Hall–Kier alpha value is -0.0600. The lowest BCUT2D eigenvalue weighted by Crippen LogP contribution is -2.37. The molecule has 9 heteroatoms. The summed E-state index contributed by atoms with van der Waals surface area (Å²) in [6.07, 6.45) is 22.2. The molecule has 0 heterocycles. The summed E-state index contributed by atoms with van der Waals surface area (Å²) in [6.45, 7) is 1.74. The van der Waals surface area contributed by atoms with E-state index in [1.807, 2.05) is 21.1 Å². The van der Waals surface area contributed by atoms with E-state index in [0.29, 0.717) is 24.2 Å². The second kappa shape index (κ2) is 25.2. The summed E-state index contributed by atoms with van der Waals surface area (Å²) in [6, 6.07) is 8.96. The molecular formula is C33H62INO6P+. The summed E-state index contributed by atoms with van der Waals surface area (Å²) < 4.78 is 35.1. The van der Waals surface area contributed by atoms with Crippen LogP contribution in [0.15, 0.2) is 24.3 Å². The van der Waals surface area contributed by atoms with E-state index in [1.54, 1.807) is 7.11 Å². The van der Waals surface area contributed by atoms with Crippen LogP contribution in [-0.4, -0.2) is 76.7 Å². The third-order valence-corrected chi connectivity index (χ3v) is 9.20. The molecule has 0 aliphatic carbocycles. The van der Waals surface area contributed by atoms with Crippen LogP contribution in [-0.2, 0) is 29.5 Å². The number of halogens is 1. The Bertz CT molecular complexity index is 805. The monoisotopic (exact) mass is 724 g/mol. The molecule has 246 valence electrons. The molecule has 0 saturated heterocycles. The first kappa shape index (κ1) is 40.0. The van der Waals surface area contributed by atoms with Crippen LogP contribution in [0.2, 0.25) is 0 Å². The molecule has 0 radical (unpaired) electrons. The van der Waals surface area contributed by atoms with Gasteiger partial charge in [-0.15, -0.1) is 0 Å². The maximum atomic E-state index is 12.0. The van der Waals surface area contributed by atoms with Crippen molar-refractivity contribution in [2.24, 2.45) is 0 Å². The van der Waals surface area contributed by atoms with Crippen LogP contribution < -0.4 is 0 Å². The second-order valence-corrected chi connectivity index (χ2v) is 15.3. The van der Waals surface area contributed by atoms with Gasteiger partial charge in [-0.2, -0.15) is 0 Å². The van der Waals surface area contributed by atoms with Crippen molar-refractivity contribution in [3.63, 3.8) is 0 Å². The van der Waals surface area contributed by atoms with E-state index in [1.165, 1.54) is 112 Å². The first-order valence-corrected chi connectivity index (χ1v) is 19.0. The Kier molecular flexibility index (Phi) is 23.9. The maximum Gasteiger partial charge on any atom is 0.472 e. The molecule has 1 aromatic carbocycles. The van der Waals surface area contributed by atoms with E-state index < -0.39 is 13.9 Å². The highest BCUT2D eigenvalue weighted by Crippen LogP contribution is 2.43. The number of unbranched alkanes of at least 4 members (excludes halogenated alkanes) is 15. The number of quaternary nitrogens is 1. The molecule has 1 aromatic rings. The van der Waals surface area contributed by atoms with E-state index >= 15 is 0 Å². The SMILES string of the molecule is COC(COCCCCCCCCCCCCCCCCCCc1ccc([125I])cc1)COP(=O)(O)OCC[N+](C)(C)C. The third kappa shape index (κ3) is 25.3. The average Bonchev–Trinajstić information content (AvgIpc) is 2.93. The number of rotatable bonds is 29. The maximum absolute atomic E-state index is 12.0. The number of nitrogens with zero attached hydrogens (tertiary/aromatic N) is 1. The van der Waals surface area contributed by atoms with E-state index in [2.05, 4.69) is 46.9 Å². The number of likely N-dealkylation sites (N-methyl/N-ethyl adjacent to an activating group) is 1. The number of aryl methyl sites for hydroxylation is 1. The zero-order valence-electron chi connectivity index (χ0n) is 27.2. The van der Waals surface area contributed by atoms with Gasteiger partial charge in [-0.05, 0) is 59.5 Å². The van der Waals surface area contributed by atoms with Crippen LogP contribution in [0.4, 0.5) is 0 Å². The minimum Gasteiger partial charge on any atom is -0.379 e. The molecule has 0 aliphatic rings. The standard InChI is InChI=1S/C33H61INO6P/c1-35(2,3)26-28-40-42(36,37)41-30-33(38-4)29-39-27-20-18-16-14-12-10-8-6-5-7-9-11-13-15-17-19-21-31-22-24-32(34)25-23-31/h22-25,33H,5-21,26-30H2,1-4H3/p+1/i34-2. The van der Waals surface area contributed by atoms with Gasteiger partial charge in [0.05, 0.1) is 34.4 Å². The fraction of sp³-hybridized carbons (Fsp3) is 0.818. The molecule has 0 fully saturated rings. The van der Waals surface area contributed by atoms with Gasteiger partial charge in [-0.25, -0.2) is 4.57 Å². The summed E-state index contributed by atoms with van der Waals surface area (Å²) in [7, 11) is 3.44. The highest BCUT2D eigenvalue weighted by atomic mass is 125. The molecule has 1 rings (SSSR count). The summed E-state index contributed by atoms with van der Waals surface area (Å²) in [4.78, 5) is 9.83. The van der Waals surface area contributed by atoms with Gasteiger partial charge < -0.3 is 18.9 Å². The molecule has 0 amide bonds. The smallest absolute Gasteiger partial charge is 0.379 e. The number of ether oxygens (including phenoxy) is 2. The Balaban J connectivity index is 1.82. The molecule has 0 spiro atoms. The molecule has 0 aromatic heterocycles. The highest BCUT2D eigenvalue weighted by molar-refractivity contribution is 14.1. The van der Waals surface area contributed by atoms with E-state index in [-0.39, 0.29) is 13.2 Å². The number of benzene rings is 1. The van der Waals surface area contributed by atoms with E-state index in [4.69, 9.17) is 18.5 Å². The third-order valence-electron chi connectivity index (χ3n) is 7.49. The lowest BCUT2D eigenvalue weighted by atomic mass is 10.0. The number of methoxy groups -OCH3 is 1. The first-order chi connectivity index (χ1) is 20.1. The van der Waals surface area contributed by atoms with Crippen molar-refractivity contribution in [1.29, 1.82) is 0 Å². The van der Waals surface area contributed by atoms with Crippen molar-refractivity contribution in [2.45, 2.75) is 115 Å². The van der Waals surface area contributed by atoms with Crippen LogP contribution in [0.3, 0.4) is 0 Å². The van der Waals surface area contributed by atoms with Crippen molar-refractivity contribution in [3.05, 3.63) is 33.4 Å². The summed E-state index contributed by atoms with van der Waals surface area (Å²) in [5, 5.41) is 0. The predicted molar refractivity (Wildman–Crippen MR) is 183 cm³/mol. The van der Waals surface area contributed by atoms with Crippen LogP contribution in [0.5, 0.6) is 0 Å². The van der Waals surface area contributed by atoms with Crippen LogP contribution in [0, 0.1) is 3.57 Å². The Labute approximate surface area is 271 Å². The Morgan fingerprint density at radius 1 is 0.714 bits per heavy atom. The number of phosphoric ester groups is 1. The van der Waals surface area contributed by atoms with Crippen molar-refractivity contribution >= 4 is 30.4 Å². The highest BCUT2D eigenvalue weighted by Gasteiger charge is 2.24. The molecule has 42 heavy (non-hydrogen) atoms. The van der Waals surface area contributed by atoms with Crippen molar-refractivity contribution in [2.75, 3.05) is 61.2 Å². The first-order valence-electron chi connectivity index (χ1n) is 16.4. The second-order valence-electron chi connectivity index (χ2n) is 12.6. The average molecular weight is 725 g/mol. The van der Waals surface area contributed by atoms with Gasteiger partial charge in [-0.3, -0.25) is 9.05 Å². The van der Waals surface area contributed by atoms with Gasteiger partial charge >= 0.3 is 7.82 Å². The van der Waals surface area contributed by atoms with Gasteiger partial charge in [0.2, 0.25) is 0 Å². The molecule has 0 bridgehead atoms. The number of hydrogen-bond donors (Lipinski definition) is 1. The van der Waals surface area contributed by atoms with Gasteiger partial charge in [0.1, 0.15) is 19.3 Å². The Morgan fingerprint density at radius 3 is 1.67 bits per heavy atom. The van der Waals surface area contributed by atoms with Gasteiger partial charge in [0.25, 0.3) is 0 Å². The van der Waals surface area contributed by atoms with Crippen LogP contribution >= 0.6 is 30.4 Å². The lowest BCUT2D eigenvalue weighted by molar-refractivity contribution is -0.870. The normalized spacial score (nSPS) is 14.2. The summed E-state index contributed by atoms with van der Waals surface area (Å²) >= 11 is 2.37. The molecule has 2 atom stereocenters. The number of phosphoric acid groups is 1. The quantitative estimate of drug-likeness (QED) is 0.0385. The molecule has 7 nitrogen and oxygen atoms in total. The fourth-order valence-electron chi connectivity index (χ4n) is 4.70. The summed E-state index contributed by atoms with van der Waals surface area (Å²) in [5.74, 6) is 0. The minimum absolute atomic E-state index is 0.0378.